The lowest BCUT2D eigenvalue weighted by atomic mass is 10.2. The monoisotopic (exact) mass is 522 g/mol. The Balaban J connectivity index is 0.00000576. The predicted octanol–water partition coefficient (Wildman–Crippen LogP) is 2.95. The molecule has 0 unspecified atom stereocenters. The van der Waals surface area contributed by atoms with Crippen molar-refractivity contribution in [2.45, 2.75) is 20.4 Å². The normalized spacial score (nSPS) is 11.8. The van der Waals surface area contributed by atoms with Crippen molar-refractivity contribution < 1.29 is 8.42 Å². The van der Waals surface area contributed by atoms with E-state index >= 15 is 0 Å². The first-order valence-electron chi connectivity index (χ1n) is 7.69. The molecule has 10 heteroatoms. The number of hydrogen-bond donors (Lipinski definition) is 2. The molecule has 0 radical (unpaired) electrons. The van der Waals surface area contributed by atoms with Crippen LogP contribution < -0.4 is 10.0 Å². The van der Waals surface area contributed by atoms with Gasteiger partial charge in [0, 0.05) is 26.7 Å². The Labute approximate surface area is 177 Å². The fraction of sp³-hybridized carbons (Fsp3) is 0.533. The highest BCUT2D eigenvalue weighted by molar-refractivity contribution is 14.0. The SMILES string of the molecule is CCNC(=NCCNS(=O)(=O)CC)N(C)Cc1ccc(Cl)c(Cl)c1.I. The van der Waals surface area contributed by atoms with Crippen LogP contribution in [0.15, 0.2) is 23.2 Å². The third-order valence-corrected chi connectivity index (χ3v) is 5.32. The number of guanidine groups is 1. The summed E-state index contributed by atoms with van der Waals surface area (Å²) in [4.78, 5) is 6.37. The quantitative estimate of drug-likeness (QED) is 0.238. The summed E-state index contributed by atoms with van der Waals surface area (Å²) in [7, 11) is -1.28. The third-order valence-electron chi connectivity index (χ3n) is 3.18. The van der Waals surface area contributed by atoms with Crippen LogP contribution in [0.25, 0.3) is 0 Å². The van der Waals surface area contributed by atoms with Gasteiger partial charge in [-0.3, -0.25) is 4.99 Å². The van der Waals surface area contributed by atoms with Gasteiger partial charge in [0.2, 0.25) is 10.0 Å². The number of nitrogens with one attached hydrogen (secondary N) is 2. The van der Waals surface area contributed by atoms with Gasteiger partial charge in [0.1, 0.15) is 0 Å². The molecule has 0 aliphatic rings. The fourth-order valence-electron chi connectivity index (χ4n) is 1.92. The molecule has 0 saturated heterocycles. The van der Waals surface area contributed by atoms with Crippen LogP contribution in [0.3, 0.4) is 0 Å². The Morgan fingerprint density at radius 2 is 1.92 bits per heavy atom. The van der Waals surface area contributed by atoms with E-state index in [0.29, 0.717) is 35.6 Å². The molecule has 144 valence electrons. The van der Waals surface area contributed by atoms with Crippen molar-refractivity contribution in [3.8, 4) is 0 Å². The Bertz CT molecular complexity index is 671. The smallest absolute Gasteiger partial charge is 0.211 e. The summed E-state index contributed by atoms with van der Waals surface area (Å²) in [5.41, 5.74) is 1.00. The molecule has 0 heterocycles. The van der Waals surface area contributed by atoms with Crippen molar-refractivity contribution >= 4 is 63.2 Å². The fourth-order valence-corrected chi connectivity index (χ4v) is 2.85. The van der Waals surface area contributed by atoms with Crippen molar-refractivity contribution in [2.24, 2.45) is 4.99 Å². The Morgan fingerprint density at radius 1 is 1.24 bits per heavy atom. The maximum absolute atomic E-state index is 11.4. The molecule has 6 nitrogen and oxygen atoms in total. The van der Waals surface area contributed by atoms with E-state index < -0.39 is 10.0 Å². The number of benzene rings is 1. The van der Waals surface area contributed by atoms with Crippen LogP contribution in [0.5, 0.6) is 0 Å². The number of aliphatic imine (C=N–C) groups is 1. The summed E-state index contributed by atoms with van der Waals surface area (Å²) in [5, 5.41) is 4.21. The largest absolute Gasteiger partial charge is 0.357 e. The van der Waals surface area contributed by atoms with Gasteiger partial charge in [-0.05, 0) is 31.5 Å². The predicted molar refractivity (Wildman–Crippen MR) is 117 cm³/mol. The first kappa shape index (κ1) is 24.7. The molecular weight excluding hydrogens is 498 g/mol. The number of hydrogen-bond acceptors (Lipinski definition) is 3. The molecule has 1 aromatic rings. The van der Waals surface area contributed by atoms with Crippen LogP contribution in [0.1, 0.15) is 19.4 Å². The van der Waals surface area contributed by atoms with Crippen molar-refractivity contribution in [1.29, 1.82) is 0 Å². The van der Waals surface area contributed by atoms with Crippen LogP contribution in [-0.2, 0) is 16.6 Å². The molecule has 2 N–H and O–H groups in total. The topological polar surface area (TPSA) is 73.8 Å². The van der Waals surface area contributed by atoms with E-state index in [-0.39, 0.29) is 36.3 Å². The second-order valence-corrected chi connectivity index (χ2v) is 8.05. The third kappa shape index (κ3) is 9.28. The summed E-state index contributed by atoms with van der Waals surface area (Å²) in [5.74, 6) is 0.757. The Morgan fingerprint density at radius 3 is 2.48 bits per heavy atom. The summed E-state index contributed by atoms with van der Waals surface area (Å²) < 4.78 is 25.3. The van der Waals surface area contributed by atoms with Gasteiger partial charge in [-0.25, -0.2) is 13.1 Å². The highest BCUT2D eigenvalue weighted by Crippen LogP contribution is 2.23. The zero-order chi connectivity index (χ0) is 18.2. The van der Waals surface area contributed by atoms with E-state index in [1.807, 2.05) is 31.0 Å². The lowest BCUT2D eigenvalue weighted by molar-refractivity contribution is 0.477. The molecule has 0 spiro atoms. The van der Waals surface area contributed by atoms with Crippen molar-refractivity contribution in [3.05, 3.63) is 33.8 Å². The van der Waals surface area contributed by atoms with Gasteiger partial charge in [-0.2, -0.15) is 0 Å². The molecule has 0 fully saturated rings. The van der Waals surface area contributed by atoms with Gasteiger partial charge in [-0.15, -0.1) is 24.0 Å². The molecule has 0 bridgehead atoms. The van der Waals surface area contributed by atoms with E-state index in [1.54, 1.807) is 13.0 Å². The molecule has 0 aromatic heterocycles. The van der Waals surface area contributed by atoms with Gasteiger partial charge in [0.15, 0.2) is 5.96 Å². The molecule has 1 rings (SSSR count). The Kier molecular flexibility index (Phi) is 12.0. The first-order chi connectivity index (χ1) is 11.3. The van der Waals surface area contributed by atoms with Gasteiger partial charge in [0.05, 0.1) is 22.3 Å². The summed E-state index contributed by atoms with van der Waals surface area (Å²) in [6.07, 6.45) is 0. The zero-order valence-electron chi connectivity index (χ0n) is 14.6. The molecule has 0 aliphatic carbocycles. The second kappa shape index (κ2) is 12.2. The lowest BCUT2D eigenvalue weighted by Gasteiger charge is -2.22. The van der Waals surface area contributed by atoms with E-state index in [9.17, 15) is 8.42 Å². The molecule has 0 saturated carbocycles. The molecule has 1 aromatic carbocycles. The van der Waals surface area contributed by atoms with Crippen LogP contribution in [0.2, 0.25) is 10.0 Å². The van der Waals surface area contributed by atoms with Gasteiger partial charge >= 0.3 is 0 Å². The average molecular weight is 523 g/mol. The van der Waals surface area contributed by atoms with Crippen molar-refractivity contribution in [1.82, 2.24) is 14.9 Å². The van der Waals surface area contributed by atoms with E-state index in [1.165, 1.54) is 0 Å². The Hall–Kier alpha value is -0.290. The molecular formula is C15H25Cl2IN4O2S. The minimum Gasteiger partial charge on any atom is -0.357 e. The molecule has 0 amide bonds. The number of halogens is 3. The van der Waals surface area contributed by atoms with Gasteiger partial charge < -0.3 is 10.2 Å². The summed E-state index contributed by atoms with van der Waals surface area (Å²) in [6, 6.07) is 5.49. The van der Waals surface area contributed by atoms with Crippen molar-refractivity contribution in [2.75, 3.05) is 32.4 Å². The van der Waals surface area contributed by atoms with E-state index in [4.69, 9.17) is 23.2 Å². The number of nitrogens with zero attached hydrogens (tertiary/aromatic N) is 2. The maximum Gasteiger partial charge on any atom is 0.211 e. The summed E-state index contributed by atoms with van der Waals surface area (Å²) >= 11 is 12.0. The number of sulfonamides is 1. The van der Waals surface area contributed by atoms with Crippen LogP contribution in [0, 0.1) is 0 Å². The van der Waals surface area contributed by atoms with E-state index in [2.05, 4.69) is 15.0 Å². The second-order valence-electron chi connectivity index (χ2n) is 5.14. The standard InChI is InChI=1S/C15H24Cl2N4O2S.HI/c1-4-18-15(19-8-9-20-24(22,23)5-2)21(3)11-12-6-7-13(16)14(17)10-12;/h6-7,10,20H,4-5,8-9,11H2,1-3H3,(H,18,19);1H. The van der Waals surface area contributed by atoms with Gasteiger partial charge in [-0.1, -0.05) is 29.3 Å². The summed E-state index contributed by atoms with van der Waals surface area (Å²) in [6.45, 7) is 5.51. The molecule has 0 aliphatic heterocycles. The van der Waals surface area contributed by atoms with Crippen LogP contribution >= 0.6 is 47.2 Å². The van der Waals surface area contributed by atoms with E-state index in [0.717, 1.165) is 5.56 Å². The van der Waals surface area contributed by atoms with Crippen LogP contribution in [-0.4, -0.2) is 51.7 Å². The van der Waals surface area contributed by atoms with Gasteiger partial charge in [0.25, 0.3) is 0 Å². The zero-order valence-corrected chi connectivity index (χ0v) is 19.2. The van der Waals surface area contributed by atoms with Crippen LogP contribution in [0.4, 0.5) is 0 Å². The lowest BCUT2D eigenvalue weighted by Crippen LogP contribution is -2.39. The number of rotatable bonds is 8. The van der Waals surface area contributed by atoms with Crippen molar-refractivity contribution in [3.63, 3.8) is 0 Å². The first-order valence-corrected chi connectivity index (χ1v) is 10.1. The highest BCUT2D eigenvalue weighted by Gasteiger charge is 2.09. The molecule has 0 atom stereocenters. The molecule has 25 heavy (non-hydrogen) atoms. The average Bonchev–Trinajstić information content (AvgIpc) is 2.53. The minimum atomic E-state index is -3.19. The maximum atomic E-state index is 11.4. The minimum absolute atomic E-state index is 0. The highest BCUT2D eigenvalue weighted by atomic mass is 127.